The number of hydrogen-bond donors (Lipinski definition) is 2. The second-order valence-electron chi connectivity index (χ2n) is 6.82. The highest BCUT2D eigenvalue weighted by molar-refractivity contribution is 9.10. The zero-order chi connectivity index (χ0) is 22.9. The molecule has 0 saturated carbocycles. The van der Waals surface area contributed by atoms with E-state index in [1.54, 1.807) is 42.5 Å². The number of methoxy groups -OCH3 is 1. The number of nitrogens with one attached hydrogen (secondary N) is 2. The van der Waals surface area contributed by atoms with Crippen LogP contribution in [0.4, 0.5) is 5.69 Å². The monoisotopic (exact) mass is 495 g/mol. The van der Waals surface area contributed by atoms with Gasteiger partial charge in [0.05, 0.1) is 18.9 Å². The Labute approximate surface area is 194 Å². The number of benzene rings is 3. The zero-order valence-electron chi connectivity index (χ0n) is 17.6. The Balaban J connectivity index is 1.49. The highest BCUT2D eigenvalue weighted by Gasteiger charge is 2.12. The summed E-state index contributed by atoms with van der Waals surface area (Å²) < 4.78 is 11.5. The number of nitrogens with zero attached hydrogens (tertiary/aromatic N) is 1. The molecule has 2 amide bonds. The van der Waals surface area contributed by atoms with E-state index in [1.165, 1.54) is 13.3 Å². The van der Waals surface area contributed by atoms with Crippen LogP contribution in [0, 0.1) is 6.92 Å². The minimum absolute atomic E-state index is 0.105. The van der Waals surface area contributed by atoms with Gasteiger partial charge in [-0.1, -0.05) is 33.6 Å². The summed E-state index contributed by atoms with van der Waals surface area (Å²) in [4.78, 5) is 24.4. The van der Waals surface area contributed by atoms with Gasteiger partial charge < -0.3 is 14.8 Å². The van der Waals surface area contributed by atoms with Gasteiger partial charge >= 0.3 is 0 Å². The molecule has 0 heterocycles. The van der Waals surface area contributed by atoms with E-state index in [0.717, 1.165) is 21.3 Å². The van der Waals surface area contributed by atoms with Crippen LogP contribution < -0.4 is 20.2 Å². The minimum atomic E-state index is -0.390. The van der Waals surface area contributed by atoms with Crippen molar-refractivity contribution >= 4 is 39.6 Å². The minimum Gasteiger partial charge on any atom is -0.496 e. The van der Waals surface area contributed by atoms with Gasteiger partial charge in [-0.2, -0.15) is 5.10 Å². The third-order valence-electron chi connectivity index (χ3n) is 4.37. The topological polar surface area (TPSA) is 89.0 Å². The molecule has 3 aromatic rings. The SMILES string of the molecule is COc1ccc(Br)cc1C(=O)N/N=C\c1ccc(OCC(=O)Nc2ccc(C)cc2)cc1. The van der Waals surface area contributed by atoms with Crippen LogP contribution in [0.3, 0.4) is 0 Å². The summed E-state index contributed by atoms with van der Waals surface area (Å²) in [6, 6.07) is 19.6. The highest BCUT2D eigenvalue weighted by atomic mass is 79.9. The Hall–Kier alpha value is -3.65. The number of aryl methyl sites for hydroxylation is 1. The second kappa shape index (κ2) is 11.1. The van der Waals surface area contributed by atoms with E-state index < -0.39 is 0 Å². The number of amides is 2. The smallest absolute Gasteiger partial charge is 0.275 e. The quantitative estimate of drug-likeness (QED) is 0.354. The predicted molar refractivity (Wildman–Crippen MR) is 127 cm³/mol. The van der Waals surface area contributed by atoms with Crippen molar-refractivity contribution in [2.24, 2.45) is 5.10 Å². The summed E-state index contributed by atoms with van der Waals surface area (Å²) in [6.07, 6.45) is 1.51. The molecule has 164 valence electrons. The Morgan fingerprint density at radius 1 is 1.03 bits per heavy atom. The van der Waals surface area contributed by atoms with Crippen LogP contribution in [-0.2, 0) is 4.79 Å². The molecule has 32 heavy (non-hydrogen) atoms. The van der Waals surface area contributed by atoms with E-state index >= 15 is 0 Å². The zero-order valence-corrected chi connectivity index (χ0v) is 19.2. The van der Waals surface area contributed by atoms with E-state index in [-0.39, 0.29) is 18.4 Å². The van der Waals surface area contributed by atoms with Gasteiger partial charge in [0.1, 0.15) is 11.5 Å². The van der Waals surface area contributed by atoms with Gasteiger partial charge in [0.25, 0.3) is 11.8 Å². The maximum atomic E-state index is 12.3. The lowest BCUT2D eigenvalue weighted by Gasteiger charge is -2.08. The van der Waals surface area contributed by atoms with Gasteiger partial charge in [0.15, 0.2) is 6.61 Å². The normalized spacial score (nSPS) is 10.6. The van der Waals surface area contributed by atoms with Crippen LogP contribution in [0.2, 0.25) is 0 Å². The number of carbonyl (C=O) groups is 2. The first-order chi connectivity index (χ1) is 15.4. The molecule has 3 aromatic carbocycles. The highest BCUT2D eigenvalue weighted by Crippen LogP contribution is 2.22. The van der Waals surface area contributed by atoms with Gasteiger partial charge in [-0.05, 0) is 67.1 Å². The number of carbonyl (C=O) groups excluding carboxylic acids is 2. The number of ether oxygens (including phenoxy) is 2. The van der Waals surface area contributed by atoms with Crippen molar-refractivity contribution in [2.45, 2.75) is 6.92 Å². The Morgan fingerprint density at radius 3 is 2.44 bits per heavy atom. The summed E-state index contributed by atoms with van der Waals surface area (Å²) in [5, 5.41) is 6.76. The van der Waals surface area contributed by atoms with Crippen molar-refractivity contribution < 1.29 is 19.1 Å². The fourth-order valence-electron chi connectivity index (χ4n) is 2.72. The molecule has 0 unspecified atom stereocenters. The first-order valence-electron chi connectivity index (χ1n) is 9.71. The van der Waals surface area contributed by atoms with Crippen LogP contribution >= 0.6 is 15.9 Å². The van der Waals surface area contributed by atoms with E-state index in [2.05, 4.69) is 31.8 Å². The molecule has 2 N–H and O–H groups in total. The number of rotatable bonds is 8. The van der Waals surface area contributed by atoms with Gasteiger partial charge in [0, 0.05) is 10.2 Å². The number of anilines is 1. The molecule has 0 aliphatic rings. The summed E-state index contributed by atoms with van der Waals surface area (Å²) in [7, 11) is 1.50. The molecule has 8 heteroatoms. The molecular weight excluding hydrogens is 474 g/mol. The summed E-state index contributed by atoms with van der Waals surface area (Å²) in [6.45, 7) is 1.88. The average molecular weight is 496 g/mol. The molecule has 3 rings (SSSR count). The van der Waals surface area contributed by atoms with Crippen molar-refractivity contribution in [3.05, 3.63) is 87.9 Å². The van der Waals surface area contributed by atoms with Crippen LogP contribution in [0.25, 0.3) is 0 Å². The van der Waals surface area contributed by atoms with E-state index in [4.69, 9.17) is 9.47 Å². The third-order valence-corrected chi connectivity index (χ3v) is 4.86. The maximum Gasteiger partial charge on any atom is 0.275 e. The molecule has 0 radical (unpaired) electrons. The molecule has 7 nitrogen and oxygen atoms in total. The molecule has 0 bridgehead atoms. The lowest BCUT2D eigenvalue weighted by atomic mass is 10.2. The van der Waals surface area contributed by atoms with Gasteiger partial charge in [0.2, 0.25) is 0 Å². The number of halogens is 1. The van der Waals surface area contributed by atoms with Crippen molar-refractivity contribution in [3.63, 3.8) is 0 Å². The Morgan fingerprint density at radius 2 is 1.75 bits per heavy atom. The van der Waals surface area contributed by atoms with E-state index in [9.17, 15) is 9.59 Å². The van der Waals surface area contributed by atoms with Gasteiger partial charge in [-0.15, -0.1) is 0 Å². The van der Waals surface area contributed by atoms with E-state index in [1.807, 2.05) is 31.2 Å². The molecule has 0 spiro atoms. The summed E-state index contributed by atoms with van der Waals surface area (Å²) in [5.41, 5.74) is 5.44. The molecule has 0 saturated heterocycles. The number of hydrogen-bond acceptors (Lipinski definition) is 5. The Kier molecular flexibility index (Phi) is 7.99. The predicted octanol–water partition coefficient (Wildman–Crippen LogP) is 4.55. The van der Waals surface area contributed by atoms with Crippen molar-refractivity contribution in [1.29, 1.82) is 0 Å². The average Bonchev–Trinajstić information content (AvgIpc) is 2.80. The first-order valence-corrected chi connectivity index (χ1v) is 10.5. The van der Waals surface area contributed by atoms with Crippen molar-refractivity contribution in [2.75, 3.05) is 19.0 Å². The van der Waals surface area contributed by atoms with Crippen molar-refractivity contribution in [3.8, 4) is 11.5 Å². The summed E-state index contributed by atoms with van der Waals surface area (Å²) in [5.74, 6) is 0.363. The standard InChI is InChI=1S/C24H22BrN3O4/c1-16-3-8-19(9-4-16)27-23(29)15-32-20-10-5-17(6-11-20)14-26-28-24(30)21-13-18(25)7-12-22(21)31-2/h3-14H,15H2,1-2H3,(H,27,29)(H,28,30)/b26-14-. The third kappa shape index (κ3) is 6.68. The molecule has 0 aromatic heterocycles. The largest absolute Gasteiger partial charge is 0.496 e. The molecule has 0 fully saturated rings. The molecule has 0 atom stereocenters. The van der Waals surface area contributed by atoms with Gasteiger partial charge in [-0.3, -0.25) is 9.59 Å². The second-order valence-corrected chi connectivity index (χ2v) is 7.73. The lowest BCUT2D eigenvalue weighted by Crippen LogP contribution is -2.20. The van der Waals surface area contributed by atoms with Crippen LogP contribution in [0.1, 0.15) is 21.5 Å². The fraction of sp³-hybridized carbons (Fsp3) is 0.125. The maximum absolute atomic E-state index is 12.3. The fourth-order valence-corrected chi connectivity index (χ4v) is 3.08. The van der Waals surface area contributed by atoms with E-state index in [0.29, 0.717) is 17.1 Å². The van der Waals surface area contributed by atoms with Crippen molar-refractivity contribution in [1.82, 2.24) is 5.43 Å². The molecule has 0 aliphatic carbocycles. The van der Waals surface area contributed by atoms with Crippen LogP contribution in [0.5, 0.6) is 11.5 Å². The number of hydrazone groups is 1. The van der Waals surface area contributed by atoms with Crippen LogP contribution in [-0.4, -0.2) is 31.7 Å². The Bertz CT molecular complexity index is 1110. The lowest BCUT2D eigenvalue weighted by molar-refractivity contribution is -0.118. The summed E-state index contributed by atoms with van der Waals surface area (Å²) >= 11 is 3.34. The van der Waals surface area contributed by atoms with Gasteiger partial charge in [-0.25, -0.2) is 5.43 Å². The van der Waals surface area contributed by atoms with Crippen LogP contribution in [0.15, 0.2) is 76.3 Å². The first kappa shape index (κ1) is 23.0. The molecule has 0 aliphatic heterocycles. The molecular formula is C24H22BrN3O4.